The Morgan fingerprint density at radius 3 is 2.08 bits per heavy atom. The maximum absolute atomic E-state index is 13.0. The Hall–Kier alpha value is -5.37. The summed E-state index contributed by atoms with van der Waals surface area (Å²) in [6.45, 7) is 1.91. The van der Waals surface area contributed by atoms with Gasteiger partial charge >= 0.3 is 0 Å². The molecule has 0 spiro atoms. The molecule has 5 aromatic rings. The van der Waals surface area contributed by atoms with E-state index in [0.29, 0.717) is 34.5 Å². The molecule has 0 aliphatic heterocycles. The van der Waals surface area contributed by atoms with Crippen LogP contribution in [0.25, 0.3) is 0 Å². The number of ether oxygens (including phenoxy) is 2. The number of hydrogen-bond acceptors (Lipinski definition) is 7. The van der Waals surface area contributed by atoms with Crippen LogP contribution in [0, 0.1) is 6.92 Å². The van der Waals surface area contributed by atoms with Crippen molar-refractivity contribution in [2.24, 2.45) is 0 Å². The van der Waals surface area contributed by atoms with Crippen LogP contribution in [0.5, 0.6) is 17.2 Å². The van der Waals surface area contributed by atoms with Crippen LogP contribution in [0.3, 0.4) is 0 Å². The lowest BCUT2D eigenvalue weighted by Crippen LogP contribution is -2.13. The molecule has 0 saturated carbocycles. The van der Waals surface area contributed by atoms with Gasteiger partial charge in [0, 0.05) is 28.8 Å². The summed E-state index contributed by atoms with van der Waals surface area (Å²) in [5.41, 5.74) is 3.56. The standard InChI is InChI=1S/C31H27N5O3/c1-21-20-29(33-22-16-18-25(38-2)19-17-22)36-31(32-21)35-24-14-12-23(13-15-24)34-30(37)27-10-6-7-11-28(27)39-26-8-4-3-5-9-26/h3-20H,1-2H3,(H,34,37)(H2,32,33,35,36). The van der Waals surface area contributed by atoms with Gasteiger partial charge in [0.2, 0.25) is 5.95 Å². The summed E-state index contributed by atoms with van der Waals surface area (Å²) < 4.78 is 11.1. The Kier molecular flexibility index (Phi) is 7.64. The van der Waals surface area contributed by atoms with E-state index < -0.39 is 0 Å². The van der Waals surface area contributed by atoms with Gasteiger partial charge in [-0.05, 0) is 79.7 Å². The third-order valence-electron chi connectivity index (χ3n) is 5.72. The van der Waals surface area contributed by atoms with Crippen LogP contribution in [-0.2, 0) is 0 Å². The minimum absolute atomic E-state index is 0.265. The molecule has 0 atom stereocenters. The zero-order valence-corrected chi connectivity index (χ0v) is 21.5. The fourth-order valence-corrected chi connectivity index (χ4v) is 3.83. The fourth-order valence-electron chi connectivity index (χ4n) is 3.83. The maximum atomic E-state index is 13.0. The summed E-state index contributed by atoms with van der Waals surface area (Å²) in [5, 5.41) is 9.44. The number of carbonyl (C=O) groups excluding carboxylic acids is 1. The number of aromatic nitrogens is 2. The van der Waals surface area contributed by atoms with E-state index in [1.165, 1.54) is 0 Å². The fraction of sp³-hybridized carbons (Fsp3) is 0.0645. The van der Waals surface area contributed by atoms with Crippen molar-refractivity contribution in [3.8, 4) is 17.2 Å². The number of nitrogens with zero attached hydrogens (tertiary/aromatic N) is 2. The van der Waals surface area contributed by atoms with Crippen LogP contribution >= 0.6 is 0 Å². The molecule has 1 amide bonds. The van der Waals surface area contributed by atoms with Crippen molar-refractivity contribution < 1.29 is 14.3 Å². The predicted octanol–water partition coefficient (Wildman–Crippen LogP) is 7.33. The van der Waals surface area contributed by atoms with Crippen LogP contribution < -0.4 is 25.4 Å². The number of carbonyl (C=O) groups is 1. The van der Waals surface area contributed by atoms with E-state index in [-0.39, 0.29) is 5.91 Å². The number of amides is 1. The van der Waals surface area contributed by atoms with Crippen molar-refractivity contribution in [1.29, 1.82) is 0 Å². The van der Waals surface area contributed by atoms with Crippen molar-refractivity contribution in [3.63, 3.8) is 0 Å². The number of anilines is 5. The minimum atomic E-state index is -0.265. The number of nitrogens with one attached hydrogen (secondary N) is 3. The van der Waals surface area contributed by atoms with E-state index >= 15 is 0 Å². The third-order valence-corrected chi connectivity index (χ3v) is 5.72. The Morgan fingerprint density at radius 2 is 1.33 bits per heavy atom. The summed E-state index contributed by atoms with van der Waals surface area (Å²) in [4.78, 5) is 22.1. The lowest BCUT2D eigenvalue weighted by Gasteiger charge is -2.12. The summed E-state index contributed by atoms with van der Waals surface area (Å²) in [5.74, 6) is 2.78. The molecule has 4 aromatic carbocycles. The first-order chi connectivity index (χ1) is 19.1. The molecule has 1 aromatic heterocycles. The van der Waals surface area contributed by atoms with Gasteiger partial charge in [0.05, 0.1) is 12.7 Å². The topological polar surface area (TPSA) is 97.4 Å². The predicted molar refractivity (Wildman–Crippen MR) is 154 cm³/mol. The summed E-state index contributed by atoms with van der Waals surface area (Å²) in [7, 11) is 1.63. The second kappa shape index (κ2) is 11.8. The Labute approximate surface area is 226 Å². The Morgan fingerprint density at radius 1 is 0.692 bits per heavy atom. The first-order valence-corrected chi connectivity index (χ1v) is 12.3. The van der Waals surface area contributed by atoms with Crippen molar-refractivity contribution in [2.75, 3.05) is 23.1 Å². The van der Waals surface area contributed by atoms with E-state index in [1.807, 2.05) is 97.9 Å². The van der Waals surface area contributed by atoms with Crippen molar-refractivity contribution in [2.45, 2.75) is 6.92 Å². The highest BCUT2D eigenvalue weighted by atomic mass is 16.5. The molecule has 1 heterocycles. The molecular formula is C31H27N5O3. The van der Waals surface area contributed by atoms with E-state index in [0.717, 1.165) is 22.8 Å². The van der Waals surface area contributed by atoms with Gasteiger partial charge in [-0.25, -0.2) is 4.98 Å². The van der Waals surface area contributed by atoms with Gasteiger partial charge in [0.15, 0.2) is 0 Å². The molecule has 0 aliphatic rings. The van der Waals surface area contributed by atoms with E-state index in [2.05, 4.69) is 25.9 Å². The molecule has 0 fully saturated rings. The molecule has 0 unspecified atom stereocenters. The van der Waals surface area contributed by atoms with Gasteiger partial charge in [-0.2, -0.15) is 4.98 Å². The molecular weight excluding hydrogens is 490 g/mol. The van der Waals surface area contributed by atoms with Crippen LogP contribution in [-0.4, -0.2) is 23.0 Å². The largest absolute Gasteiger partial charge is 0.497 e. The smallest absolute Gasteiger partial charge is 0.259 e. The van der Waals surface area contributed by atoms with E-state index in [4.69, 9.17) is 9.47 Å². The maximum Gasteiger partial charge on any atom is 0.259 e. The van der Waals surface area contributed by atoms with E-state index in [9.17, 15) is 4.79 Å². The van der Waals surface area contributed by atoms with Gasteiger partial charge < -0.3 is 25.4 Å². The second-order valence-electron chi connectivity index (χ2n) is 8.64. The van der Waals surface area contributed by atoms with Crippen molar-refractivity contribution >= 4 is 34.7 Å². The molecule has 5 rings (SSSR count). The first kappa shape index (κ1) is 25.3. The van der Waals surface area contributed by atoms with Crippen LogP contribution in [0.1, 0.15) is 16.1 Å². The molecule has 0 saturated heterocycles. The van der Waals surface area contributed by atoms with Gasteiger partial charge in [-0.3, -0.25) is 4.79 Å². The number of hydrogen-bond donors (Lipinski definition) is 3. The van der Waals surface area contributed by atoms with Crippen LogP contribution in [0.2, 0.25) is 0 Å². The molecule has 0 bridgehead atoms. The molecule has 0 aliphatic carbocycles. The average molecular weight is 518 g/mol. The highest BCUT2D eigenvalue weighted by Gasteiger charge is 2.13. The number of aryl methyl sites for hydroxylation is 1. The van der Waals surface area contributed by atoms with Gasteiger partial charge in [0.1, 0.15) is 23.1 Å². The number of benzene rings is 4. The monoisotopic (exact) mass is 517 g/mol. The average Bonchev–Trinajstić information content (AvgIpc) is 2.95. The molecule has 39 heavy (non-hydrogen) atoms. The third kappa shape index (κ3) is 6.69. The molecule has 3 N–H and O–H groups in total. The first-order valence-electron chi connectivity index (χ1n) is 12.3. The van der Waals surface area contributed by atoms with E-state index in [1.54, 1.807) is 25.3 Å². The summed E-state index contributed by atoms with van der Waals surface area (Å²) in [6.07, 6.45) is 0. The lowest BCUT2D eigenvalue weighted by atomic mass is 10.1. The summed E-state index contributed by atoms with van der Waals surface area (Å²) in [6, 6.07) is 33.3. The van der Waals surface area contributed by atoms with Crippen LogP contribution in [0.15, 0.2) is 109 Å². The number of methoxy groups -OCH3 is 1. The van der Waals surface area contributed by atoms with Gasteiger partial charge in [-0.15, -0.1) is 0 Å². The molecule has 194 valence electrons. The normalized spacial score (nSPS) is 10.4. The SMILES string of the molecule is COc1ccc(Nc2cc(C)nc(Nc3ccc(NC(=O)c4ccccc4Oc4ccccc4)cc3)n2)cc1. The zero-order valence-electron chi connectivity index (χ0n) is 21.5. The Bertz CT molecular complexity index is 1560. The highest BCUT2D eigenvalue weighted by molar-refractivity contribution is 6.06. The quantitative estimate of drug-likeness (QED) is 0.188. The lowest BCUT2D eigenvalue weighted by molar-refractivity contribution is 0.102. The molecule has 8 nitrogen and oxygen atoms in total. The molecule has 8 heteroatoms. The number of para-hydroxylation sites is 2. The summed E-state index contributed by atoms with van der Waals surface area (Å²) >= 11 is 0. The zero-order chi connectivity index (χ0) is 27.0. The van der Waals surface area contributed by atoms with Crippen LogP contribution in [0.4, 0.5) is 28.8 Å². The second-order valence-corrected chi connectivity index (χ2v) is 8.64. The minimum Gasteiger partial charge on any atom is -0.497 e. The van der Waals surface area contributed by atoms with Crippen molar-refractivity contribution in [3.05, 3.63) is 120 Å². The Balaban J connectivity index is 1.24. The highest BCUT2D eigenvalue weighted by Crippen LogP contribution is 2.27. The molecule has 0 radical (unpaired) electrons. The number of rotatable bonds is 9. The van der Waals surface area contributed by atoms with Crippen molar-refractivity contribution in [1.82, 2.24) is 9.97 Å². The van der Waals surface area contributed by atoms with Gasteiger partial charge in [-0.1, -0.05) is 30.3 Å². The van der Waals surface area contributed by atoms with Gasteiger partial charge in [0.25, 0.3) is 5.91 Å².